The predicted octanol–water partition coefficient (Wildman–Crippen LogP) is 4.87. The summed E-state index contributed by atoms with van der Waals surface area (Å²) < 4.78 is 67.3. The molecule has 0 aliphatic carbocycles. The van der Waals surface area contributed by atoms with Crippen LogP contribution in [0, 0.1) is 11.6 Å². The third kappa shape index (κ3) is 4.04. The van der Waals surface area contributed by atoms with Crippen LogP contribution in [0.4, 0.5) is 22.0 Å². The Hall–Kier alpha value is -2.80. The number of benzene rings is 2. The zero-order chi connectivity index (χ0) is 20.4. The van der Waals surface area contributed by atoms with Crippen molar-refractivity contribution in [1.29, 1.82) is 0 Å². The topological polar surface area (TPSA) is 38.9 Å². The third-order valence-corrected chi connectivity index (χ3v) is 4.69. The number of alkyl halides is 3. The molecule has 1 aromatic heterocycles. The molecule has 0 aliphatic rings. The molecule has 28 heavy (non-hydrogen) atoms. The Labute approximate surface area is 158 Å². The molecule has 0 saturated heterocycles. The molecule has 0 spiro atoms. The Morgan fingerprint density at radius 1 is 0.821 bits per heavy atom. The van der Waals surface area contributed by atoms with Gasteiger partial charge in [-0.2, -0.15) is 13.2 Å². The fourth-order valence-corrected chi connectivity index (χ4v) is 3.27. The summed E-state index contributed by atoms with van der Waals surface area (Å²) in [6.45, 7) is -0.152. The molecule has 2 aromatic carbocycles. The molecule has 0 amide bonds. The van der Waals surface area contributed by atoms with Crippen molar-refractivity contribution in [2.45, 2.75) is 18.0 Å². The van der Waals surface area contributed by atoms with E-state index in [-0.39, 0.29) is 24.2 Å². The van der Waals surface area contributed by atoms with Crippen LogP contribution in [0.3, 0.4) is 0 Å². The molecular formula is C21H17F5N2. The Morgan fingerprint density at radius 2 is 1.50 bits per heavy atom. The summed E-state index contributed by atoms with van der Waals surface area (Å²) in [5.41, 5.74) is 4.72. The number of nitrogens with zero attached hydrogens (tertiary/aromatic N) is 1. The average molecular weight is 392 g/mol. The first-order valence-electron chi connectivity index (χ1n) is 8.49. The summed E-state index contributed by atoms with van der Waals surface area (Å²) >= 11 is 0. The lowest BCUT2D eigenvalue weighted by Crippen LogP contribution is -2.40. The Morgan fingerprint density at radius 3 is 2.07 bits per heavy atom. The second kappa shape index (κ2) is 7.67. The van der Waals surface area contributed by atoms with Crippen molar-refractivity contribution in [3.63, 3.8) is 0 Å². The van der Waals surface area contributed by atoms with Crippen LogP contribution < -0.4 is 5.73 Å². The summed E-state index contributed by atoms with van der Waals surface area (Å²) in [6, 6.07) is 13.8. The second-order valence-electron chi connectivity index (χ2n) is 6.54. The molecule has 0 saturated carbocycles. The number of halogens is 5. The fraction of sp³-hybridized carbons (Fsp3) is 0.190. The lowest BCUT2D eigenvalue weighted by Gasteiger charge is -2.33. The van der Waals surface area contributed by atoms with E-state index in [2.05, 4.69) is 4.98 Å². The largest absolute Gasteiger partial charge is 0.416 e. The van der Waals surface area contributed by atoms with Gasteiger partial charge in [-0.05, 0) is 47.9 Å². The lowest BCUT2D eigenvalue weighted by atomic mass is 9.72. The number of hydrogen-bond acceptors (Lipinski definition) is 2. The van der Waals surface area contributed by atoms with Crippen LogP contribution in [0.25, 0.3) is 0 Å². The first-order valence-corrected chi connectivity index (χ1v) is 8.49. The van der Waals surface area contributed by atoms with E-state index in [1.54, 1.807) is 30.3 Å². The van der Waals surface area contributed by atoms with E-state index in [0.29, 0.717) is 6.07 Å². The first kappa shape index (κ1) is 19.9. The van der Waals surface area contributed by atoms with E-state index in [0.717, 1.165) is 30.0 Å². The van der Waals surface area contributed by atoms with Crippen LogP contribution in [-0.2, 0) is 18.0 Å². The summed E-state index contributed by atoms with van der Waals surface area (Å²) in [6.07, 6.45) is -3.58. The van der Waals surface area contributed by atoms with E-state index in [1.165, 1.54) is 6.07 Å². The molecule has 0 fully saturated rings. The normalized spacial score (nSPS) is 13.9. The summed E-state index contributed by atoms with van der Waals surface area (Å²) in [7, 11) is 0. The molecule has 0 bridgehead atoms. The second-order valence-corrected chi connectivity index (χ2v) is 6.54. The highest BCUT2D eigenvalue weighted by molar-refractivity contribution is 5.42. The van der Waals surface area contributed by atoms with Gasteiger partial charge in [0.05, 0.1) is 22.9 Å². The van der Waals surface area contributed by atoms with Crippen molar-refractivity contribution in [3.05, 3.63) is 101 Å². The Kier molecular flexibility index (Phi) is 5.47. The number of pyridine rings is 1. The van der Waals surface area contributed by atoms with Crippen molar-refractivity contribution in [2.75, 3.05) is 6.54 Å². The minimum Gasteiger partial charge on any atom is -0.329 e. The minimum absolute atomic E-state index is 0.0327. The van der Waals surface area contributed by atoms with Crippen molar-refractivity contribution < 1.29 is 22.0 Å². The molecule has 1 unspecified atom stereocenters. The van der Waals surface area contributed by atoms with E-state index in [9.17, 15) is 22.0 Å². The minimum atomic E-state index is -4.72. The summed E-state index contributed by atoms with van der Waals surface area (Å²) in [4.78, 5) is 4.06. The Balaban J connectivity index is 2.24. The van der Waals surface area contributed by atoms with Crippen molar-refractivity contribution >= 4 is 0 Å². The highest BCUT2D eigenvalue weighted by atomic mass is 19.4. The van der Waals surface area contributed by atoms with Crippen LogP contribution in [0.1, 0.15) is 22.4 Å². The predicted molar refractivity (Wildman–Crippen MR) is 95.6 cm³/mol. The van der Waals surface area contributed by atoms with Crippen LogP contribution in [0.15, 0.2) is 66.9 Å². The lowest BCUT2D eigenvalue weighted by molar-refractivity contribution is -0.137. The summed E-state index contributed by atoms with van der Waals surface area (Å²) in [5.74, 6) is -1.62. The molecule has 1 heterocycles. The van der Waals surface area contributed by atoms with Gasteiger partial charge in [-0.15, -0.1) is 0 Å². The van der Waals surface area contributed by atoms with E-state index in [1.807, 2.05) is 0 Å². The van der Waals surface area contributed by atoms with Gasteiger partial charge in [0.15, 0.2) is 0 Å². The van der Waals surface area contributed by atoms with Gasteiger partial charge >= 0.3 is 6.18 Å². The number of rotatable bonds is 5. The highest BCUT2D eigenvalue weighted by Gasteiger charge is 2.38. The number of nitrogens with two attached hydrogens (primary N) is 1. The molecular weight excluding hydrogens is 375 g/mol. The third-order valence-electron chi connectivity index (χ3n) is 4.69. The molecule has 3 aromatic rings. The fourth-order valence-electron chi connectivity index (χ4n) is 3.27. The smallest absolute Gasteiger partial charge is 0.329 e. The molecule has 0 radical (unpaired) electrons. The highest BCUT2D eigenvalue weighted by Crippen LogP contribution is 2.38. The first-order chi connectivity index (χ1) is 13.2. The molecule has 2 N–H and O–H groups in total. The maximum atomic E-state index is 14.1. The van der Waals surface area contributed by atoms with Crippen molar-refractivity contribution in [3.8, 4) is 0 Å². The molecule has 7 heteroatoms. The van der Waals surface area contributed by atoms with Crippen molar-refractivity contribution in [2.24, 2.45) is 5.73 Å². The van der Waals surface area contributed by atoms with E-state index >= 15 is 0 Å². The monoisotopic (exact) mass is 392 g/mol. The van der Waals surface area contributed by atoms with Gasteiger partial charge in [-0.1, -0.05) is 30.3 Å². The number of hydrogen-bond donors (Lipinski definition) is 1. The van der Waals surface area contributed by atoms with Gasteiger partial charge in [0, 0.05) is 6.54 Å². The molecule has 2 nitrogen and oxygen atoms in total. The number of aromatic nitrogens is 1. The van der Waals surface area contributed by atoms with Crippen LogP contribution >= 0.6 is 0 Å². The Bertz CT molecular complexity index is 939. The van der Waals surface area contributed by atoms with Gasteiger partial charge in [0.1, 0.15) is 11.6 Å². The molecule has 0 aliphatic heterocycles. The standard InChI is InChI=1S/C21H17F5N2/c22-17-6-7-19(28-12-17)20(13-27,11-14-4-2-1-3-5-14)15-8-16(21(24,25)26)10-18(23)9-15/h1-10,12H,11,13,27H2. The molecule has 146 valence electrons. The average Bonchev–Trinajstić information content (AvgIpc) is 2.66. The van der Waals surface area contributed by atoms with E-state index in [4.69, 9.17) is 5.73 Å². The van der Waals surface area contributed by atoms with Crippen LogP contribution in [0.5, 0.6) is 0 Å². The summed E-state index contributed by atoms with van der Waals surface area (Å²) in [5, 5.41) is 0. The van der Waals surface area contributed by atoms with Gasteiger partial charge < -0.3 is 5.73 Å². The molecule has 3 rings (SSSR count). The molecule has 1 atom stereocenters. The van der Waals surface area contributed by atoms with Gasteiger partial charge in [0.2, 0.25) is 0 Å². The SMILES string of the molecule is NCC(Cc1ccccc1)(c1cc(F)cc(C(F)(F)F)c1)c1ccc(F)cn1. The zero-order valence-electron chi connectivity index (χ0n) is 14.7. The van der Waals surface area contributed by atoms with Crippen molar-refractivity contribution in [1.82, 2.24) is 4.98 Å². The van der Waals surface area contributed by atoms with Crippen LogP contribution in [-0.4, -0.2) is 11.5 Å². The van der Waals surface area contributed by atoms with Gasteiger partial charge in [-0.25, -0.2) is 8.78 Å². The quantitative estimate of drug-likeness (QED) is 0.630. The van der Waals surface area contributed by atoms with Gasteiger partial charge in [0.25, 0.3) is 0 Å². The maximum absolute atomic E-state index is 14.1. The van der Waals surface area contributed by atoms with E-state index < -0.39 is 28.8 Å². The maximum Gasteiger partial charge on any atom is 0.416 e. The van der Waals surface area contributed by atoms with Crippen LogP contribution in [0.2, 0.25) is 0 Å². The zero-order valence-corrected chi connectivity index (χ0v) is 14.7. The van der Waals surface area contributed by atoms with Gasteiger partial charge in [-0.3, -0.25) is 4.98 Å².